The van der Waals surface area contributed by atoms with Crippen LogP contribution < -0.4 is 4.90 Å². The van der Waals surface area contributed by atoms with E-state index in [-0.39, 0.29) is 0 Å². The zero-order valence-corrected chi connectivity index (χ0v) is 28.7. The molecule has 4 nitrogen and oxygen atoms in total. The van der Waals surface area contributed by atoms with Crippen LogP contribution in [0, 0.1) is 0 Å². The topological polar surface area (TPSA) is 34.2 Å². The van der Waals surface area contributed by atoms with Crippen LogP contribution in [0.25, 0.3) is 81.0 Å². The Kier molecular flexibility index (Phi) is 6.39. The highest BCUT2D eigenvalue weighted by Crippen LogP contribution is 2.48. The number of benzene rings is 8. The first-order chi connectivity index (χ1) is 25.8. The normalized spacial score (nSPS) is 11.8. The maximum absolute atomic E-state index is 6.74. The second-order valence-electron chi connectivity index (χ2n) is 13.2. The highest BCUT2D eigenvalue weighted by atomic mass is 32.1. The summed E-state index contributed by atoms with van der Waals surface area (Å²) in [5.41, 5.74) is 8.93. The van der Waals surface area contributed by atoms with Crippen molar-refractivity contribution >= 4 is 92.2 Å². The average molecular weight is 684 g/mol. The van der Waals surface area contributed by atoms with Crippen LogP contribution >= 0.6 is 11.3 Å². The van der Waals surface area contributed by atoms with Gasteiger partial charge < -0.3 is 13.9 Å². The summed E-state index contributed by atoms with van der Waals surface area (Å²) in [7, 11) is 0. The fourth-order valence-electron chi connectivity index (χ4n) is 7.90. The van der Waals surface area contributed by atoms with E-state index in [4.69, 9.17) is 9.40 Å². The van der Waals surface area contributed by atoms with Crippen molar-refractivity contribution < 1.29 is 4.42 Å². The third-order valence-corrected chi connectivity index (χ3v) is 11.3. The fourth-order valence-corrected chi connectivity index (χ4v) is 8.99. The molecule has 0 saturated heterocycles. The first-order valence-electron chi connectivity index (χ1n) is 17.5. The van der Waals surface area contributed by atoms with E-state index < -0.39 is 0 Å². The van der Waals surface area contributed by atoms with Gasteiger partial charge in [0.2, 0.25) is 5.89 Å². The first kappa shape index (κ1) is 29.1. The quantitative estimate of drug-likeness (QED) is 0.181. The molecule has 52 heavy (non-hydrogen) atoms. The van der Waals surface area contributed by atoms with Gasteiger partial charge in [-0.15, -0.1) is 11.3 Å². The van der Waals surface area contributed by atoms with Crippen LogP contribution in [-0.2, 0) is 0 Å². The summed E-state index contributed by atoms with van der Waals surface area (Å²) < 4.78 is 11.7. The van der Waals surface area contributed by atoms with Gasteiger partial charge in [-0.1, -0.05) is 109 Å². The molecule has 0 atom stereocenters. The van der Waals surface area contributed by atoms with Gasteiger partial charge in [0, 0.05) is 53.3 Å². The van der Waals surface area contributed by atoms with Crippen molar-refractivity contribution in [1.82, 2.24) is 9.55 Å². The van der Waals surface area contributed by atoms with E-state index in [1.165, 1.54) is 47.2 Å². The van der Waals surface area contributed by atoms with Gasteiger partial charge in [0.15, 0.2) is 5.58 Å². The van der Waals surface area contributed by atoms with Crippen molar-refractivity contribution in [3.8, 4) is 17.1 Å². The Labute approximate surface area is 303 Å². The molecule has 0 aliphatic carbocycles. The molecule has 8 aromatic carbocycles. The Bertz CT molecular complexity index is 3140. The van der Waals surface area contributed by atoms with Crippen LogP contribution in [-0.4, -0.2) is 9.55 Å². The SMILES string of the molecule is c1ccc(-c2nc3cccc(N(c4ccc5sc6ccccc6c5c4)c4cccc5c6ccc7ccccc7c6n(-c6ccccc6)c45)c3o2)cc1. The number of thiophene rings is 1. The van der Waals surface area contributed by atoms with Gasteiger partial charge in [-0.05, 0) is 72.1 Å². The number of oxazole rings is 1. The second kappa shape index (κ2) is 11.4. The van der Waals surface area contributed by atoms with Crippen molar-refractivity contribution in [1.29, 1.82) is 0 Å². The monoisotopic (exact) mass is 683 g/mol. The van der Waals surface area contributed by atoms with Gasteiger partial charge >= 0.3 is 0 Å². The number of para-hydroxylation sites is 3. The number of rotatable bonds is 5. The molecular weight excluding hydrogens is 655 g/mol. The average Bonchev–Trinajstić information content (AvgIpc) is 3.91. The number of hydrogen-bond acceptors (Lipinski definition) is 4. The van der Waals surface area contributed by atoms with E-state index in [1.54, 1.807) is 0 Å². The van der Waals surface area contributed by atoms with Crippen molar-refractivity contribution in [2.45, 2.75) is 0 Å². The lowest BCUT2D eigenvalue weighted by Crippen LogP contribution is -2.12. The zero-order valence-electron chi connectivity index (χ0n) is 27.9. The summed E-state index contributed by atoms with van der Waals surface area (Å²) in [6.07, 6.45) is 0. The Morgan fingerprint density at radius 3 is 2.08 bits per heavy atom. The Morgan fingerprint density at radius 1 is 0.500 bits per heavy atom. The Hall–Kier alpha value is -6.69. The zero-order chi connectivity index (χ0) is 34.2. The third-order valence-electron chi connectivity index (χ3n) is 10.2. The molecule has 0 saturated carbocycles. The third kappa shape index (κ3) is 4.36. The molecule has 5 heteroatoms. The smallest absolute Gasteiger partial charge is 0.227 e. The van der Waals surface area contributed by atoms with Crippen LogP contribution in [0.4, 0.5) is 17.1 Å². The molecule has 0 aliphatic heterocycles. The molecule has 244 valence electrons. The van der Waals surface area contributed by atoms with E-state index in [9.17, 15) is 0 Å². The summed E-state index contributed by atoms with van der Waals surface area (Å²) >= 11 is 1.83. The summed E-state index contributed by atoms with van der Waals surface area (Å²) in [6.45, 7) is 0. The van der Waals surface area contributed by atoms with Gasteiger partial charge in [0.1, 0.15) is 5.52 Å². The van der Waals surface area contributed by atoms with Crippen LogP contribution in [0.2, 0.25) is 0 Å². The molecule has 0 radical (unpaired) electrons. The molecule has 0 aliphatic rings. The van der Waals surface area contributed by atoms with E-state index >= 15 is 0 Å². The molecule has 0 bridgehead atoms. The summed E-state index contributed by atoms with van der Waals surface area (Å²) in [5, 5.41) is 7.32. The molecule has 11 rings (SSSR count). The highest BCUT2D eigenvalue weighted by Gasteiger charge is 2.25. The van der Waals surface area contributed by atoms with Crippen LogP contribution in [0.15, 0.2) is 180 Å². The van der Waals surface area contributed by atoms with Gasteiger partial charge in [0.25, 0.3) is 0 Å². The summed E-state index contributed by atoms with van der Waals surface area (Å²) in [6, 6.07) is 62.6. The Morgan fingerprint density at radius 2 is 1.19 bits per heavy atom. The maximum atomic E-state index is 6.74. The number of aromatic nitrogens is 2. The van der Waals surface area contributed by atoms with E-state index in [0.29, 0.717) is 5.89 Å². The van der Waals surface area contributed by atoms with E-state index in [2.05, 4.69) is 149 Å². The Balaban J connectivity index is 1.28. The molecular formula is C47H29N3OS. The molecule has 11 aromatic rings. The van der Waals surface area contributed by atoms with Gasteiger partial charge in [-0.3, -0.25) is 0 Å². The standard InChI is InChI=1S/C47H29N3OS/c1-3-14-31(15-4-1)47-48-39-21-12-23-41(46(39)51-47)49(33-26-28-43-38(29-33)35-19-9-10-24-42(35)52-43)40-22-11-20-36-37-27-25-30-13-7-8-18-34(30)44(37)50(45(36)40)32-16-5-2-6-17-32/h1-29H. The second-order valence-corrected chi connectivity index (χ2v) is 14.2. The minimum atomic E-state index is 0.602. The minimum Gasteiger partial charge on any atom is -0.434 e. The van der Waals surface area contributed by atoms with Gasteiger partial charge in [0.05, 0.1) is 22.4 Å². The van der Waals surface area contributed by atoms with E-state index in [1.807, 2.05) is 47.7 Å². The van der Waals surface area contributed by atoms with Gasteiger partial charge in [-0.25, -0.2) is 4.98 Å². The van der Waals surface area contributed by atoms with Crippen molar-refractivity contribution in [2.24, 2.45) is 0 Å². The molecule has 0 amide bonds. The predicted molar refractivity (Wildman–Crippen MR) is 219 cm³/mol. The largest absolute Gasteiger partial charge is 0.434 e. The van der Waals surface area contributed by atoms with Crippen molar-refractivity contribution in [3.05, 3.63) is 176 Å². The summed E-state index contributed by atoms with van der Waals surface area (Å²) in [5.74, 6) is 0.602. The van der Waals surface area contributed by atoms with Crippen molar-refractivity contribution in [3.63, 3.8) is 0 Å². The molecule has 0 N–H and O–H groups in total. The molecule has 0 fully saturated rings. The lowest BCUT2D eigenvalue weighted by atomic mass is 10.1. The molecule has 3 aromatic heterocycles. The molecule has 3 heterocycles. The van der Waals surface area contributed by atoms with E-state index in [0.717, 1.165) is 44.9 Å². The molecule has 0 spiro atoms. The first-order valence-corrected chi connectivity index (χ1v) is 18.3. The fraction of sp³-hybridized carbons (Fsp3) is 0. The van der Waals surface area contributed by atoms with Gasteiger partial charge in [-0.2, -0.15) is 0 Å². The van der Waals surface area contributed by atoms with Crippen LogP contribution in [0.5, 0.6) is 0 Å². The number of nitrogens with zero attached hydrogens (tertiary/aromatic N) is 3. The number of fused-ring (bicyclic) bond motifs is 9. The number of hydrogen-bond donors (Lipinski definition) is 0. The maximum Gasteiger partial charge on any atom is 0.227 e. The lowest BCUT2D eigenvalue weighted by Gasteiger charge is -2.27. The summed E-state index contributed by atoms with van der Waals surface area (Å²) in [4.78, 5) is 7.37. The predicted octanol–water partition coefficient (Wildman–Crippen LogP) is 13.6. The van der Waals surface area contributed by atoms with Crippen LogP contribution in [0.1, 0.15) is 0 Å². The molecule has 0 unspecified atom stereocenters. The highest BCUT2D eigenvalue weighted by molar-refractivity contribution is 7.25. The lowest BCUT2D eigenvalue weighted by molar-refractivity contribution is 0.620. The van der Waals surface area contributed by atoms with Crippen LogP contribution in [0.3, 0.4) is 0 Å². The minimum absolute atomic E-state index is 0.602. The number of anilines is 3. The van der Waals surface area contributed by atoms with Crippen molar-refractivity contribution in [2.75, 3.05) is 4.90 Å².